The van der Waals surface area contributed by atoms with Crippen molar-refractivity contribution < 1.29 is 9.53 Å². The van der Waals surface area contributed by atoms with Crippen molar-refractivity contribution in [2.45, 2.75) is 13.5 Å². The highest BCUT2D eigenvalue weighted by molar-refractivity contribution is 5.91. The Morgan fingerprint density at radius 3 is 2.42 bits per heavy atom. The van der Waals surface area contributed by atoms with Crippen LogP contribution in [0.2, 0.25) is 0 Å². The monoisotopic (exact) mass is 346 g/mol. The van der Waals surface area contributed by atoms with Gasteiger partial charge >= 0.3 is 0 Å². The summed E-state index contributed by atoms with van der Waals surface area (Å²) >= 11 is 0. The van der Waals surface area contributed by atoms with Crippen LogP contribution in [0, 0.1) is 6.92 Å². The van der Waals surface area contributed by atoms with Crippen LogP contribution in [-0.4, -0.2) is 12.5 Å². The molecule has 26 heavy (non-hydrogen) atoms. The summed E-state index contributed by atoms with van der Waals surface area (Å²) in [6.07, 6.45) is 0. The van der Waals surface area contributed by atoms with E-state index in [1.54, 1.807) is 0 Å². The van der Waals surface area contributed by atoms with E-state index in [-0.39, 0.29) is 12.5 Å². The first-order valence-electron chi connectivity index (χ1n) is 8.56. The molecule has 3 aromatic carbocycles. The Hall–Kier alpha value is -3.27. The van der Waals surface area contributed by atoms with Gasteiger partial charge in [-0.05, 0) is 48.9 Å². The van der Waals surface area contributed by atoms with Crippen molar-refractivity contribution in [2.24, 2.45) is 0 Å². The van der Waals surface area contributed by atoms with E-state index in [2.05, 4.69) is 10.6 Å². The van der Waals surface area contributed by atoms with E-state index >= 15 is 0 Å². The molecule has 0 heterocycles. The second-order valence-corrected chi connectivity index (χ2v) is 6.07. The van der Waals surface area contributed by atoms with Gasteiger partial charge in [-0.15, -0.1) is 0 Å². The van der Waals surface area contributed by atoms with Crippen molar-refractivity contribution in [2.75, 3.05) is 17.2 Å². The normalized spacial score (nSPS) is 10.2. The maximum atomic E-state index is 12.0. The number of aryl methyl sites for hydroxylation is 1. The lowest BCUT2D eigenvalue weighted by atomic mass is 10.2. The molecular formula is C22H22N2O2. The van der Waals surface area contributed by atoms with Crippen LogP contribution in [0.3, 0.4) is 0 Å². The third-order valence-electron chi connectivity index (χ3n) is 3.87. The second kappa shape index (κ2) is 8.72. The van der Waals surface area contributed by atoms with Gasteiger partial charge in [0.25, 0.3) is 5.91 Å². The van der Waals surface area contributed by atoms with Crippen LogP contribution in [0.5, 0.6) is 5.75 Å². The minimum atomic E-state index is -0.179. The fourth-order valence-corrected chi connectivity index (χ4v) is 2.49. The van der Waals surface area contributed by atoms with Gasteiger partial charge < -0.3 is 15.4 Å². The third-order valence-corrected chi connectivity index (χ3v) is 3.87. The minimum absolute atomic E-state index is 0.0244. The summed E-state index contributed by atoms with van der Waals surface area (Å²) in [6, 6.07) is 25.4. The highest BCUT2D eigenvalue weighted by Gasteiger charge is 2.04. The summed E-state index contributed by atoms with van der Waals surface area (Å²) in [5.41, 5.74) is 4.08. The molecule has 0 spiro atoms. The van der Waals surface area contributed by atoms with Crippen molar-refractivity contribution in [3.63, 3.8) is 0 Å². The summed E-state index contributed by atoms with van der Waals surface area (Å²) in [5.74, 6) is 0.498. The number of benzene rings is 3. The van der Waals surface area contributed by atoms with Crippen LogP contribution in [0.1, 0.15) is 11.1 Å². The van der Waals surface area contributed by atoms with Gasteiger partial charge in [-0.25, -0.2) is 0 Å². The number of carbonyl (C=O) groups excluding carboxylic acids is 1. The number of amides is 1. The molecule has 2 N–H and O–H groups in total. The number of anilines is 2. The van der Waals surface area contributed by atoms with Gasteiger partial charge in [-0.2, -0.15) is 0 Å². The lowest BCUT2D eigenvalue weighted by Gasteiger charge is -2.10. The Morgan fingerprint density at radius 1 is 0.885 bits per heavy atom. The molecule has 0 saturated heterocycles. The van der Waals surface area contributed by atoms with E-state index in [1.165, 1.54) is 0 Å². The Balaban J connectivity index is 1.50. The van der Waals surface area contributed by atoms with Gasteiger partial charge in [0.15, 0.2) is 6.61 Å². The van der Waals surface area contributed by atoms with Gasteiger partial charge in [0.2, 0.25) is 0 Å². The predicted molar refractivity (Wildman–Crippen MR) is 106 cm³/mol. The van der Waals surface area contributed by atoms with Crippen molar-refractivity contribution in [1.82, 2.24) is 0 Å². The molecule has 0 aliphatic heterocycles. The summed E-state index contributed by atoms with van der Waals surface area (Å²) in [4.78, 5) is 12.0. The summed E-state index contributed by atoms with van der Waals surface area (Å²) < 4.78 is 5.62. The third kappa shape index (κ3) is 5.38. The first kappa shape index (κ1) is 17.5. The van der Waals surface area contributed by atoms with E-state index in [0.29, 0.717) is 12.3 Å². The van der Waals surface area contributed by atoms with Gasteiger partial charge in [-0.3, -0.25) is 4.79 Å². The first-order valence-corrected chi connectivity index (χ1v) is 8.56. The molecule has 0 fully saturated rings. The molecule has 3 aromatic rings. The molecule has 4 nitrogen and oxygen atoms in total. The van der Waals surface area contributed by atoms with Crippen LogP contribution in [0.4, 0.5) is 11.4 Å². The Kier molecular flexibility index (Phi) is 5.88. The molecule has 0 atom stereocenters. The number of hydrogen-bond donors (Lipinski definition) is 2. The fourth-order valence-electron chi connectivity index (χ4n) is 2.49. The van der Waals surface area contributed by atoms with Crippen molar-refractivity contribution in [1.29, 1.82) is 0 Å². The quantitative estimate of drug-likeness (QED) is 0.656. The van der Waals surface area contributed by atoms with Crippen molar-refractivity contribution in [3.8, 4) is 5.75 Å². The number of nitrogens with one attached hydrogen (secondary N) is 2. The topological polar surface area (TPSA) is 50.4 Å². The van der Waals surface area contributed by atoms with Crippen LogP contribution >= 0.6 is 0 Å². The summed E-state index contributed by atoms with van der Waals surface area (Å²) in [7, 11) is 0. The van der Waals surface area contributed by atoms with E-state index in [1.807, 2.05) is 85.8 Å². The standard InChI is InChI=1S/C22H22N2O2/c1-17-10-12-20(13-11-17)24-22(25)16-26-21-9-5-6-18(14-21)15-23-19-7-3-2-4-8-19/h2-14,23H,15-16H2,1H3,(H,24,25). The Labute approximate surface area is 153 Å². The average Bonchev–Trinajstić information content (AvgIpc) is 2.68. The smallest absolute Gasteiger partial charge is 0.262 e. The lowest BCUT2D eigenvalue weighted by molar-refractivity contribution is -0.118. The molecule has 0 saturated carbocycles. The van der Waals surface area contributed by atoms with Crippen LogP contribution < -0.4 is 15.4 Å². The Morgan fingerprint density at radius 2 is 1.65 bits per heavy atom. The molecular weight excluding hydrogens is 324 g/mol. The van der Waals surface area contributed by atoms with Crippen molar-refractivity contribution in [3.05, 3.63) is 90.0 Å². The molecule has 4 heteroatoms. The van der Waals surface area contributed by atoms with Crippen LogP contribution in [-0.2, 0) is 11.3 Å². The summed E-state index contributed by atoms with van der Waals surface area (Å²) in [6.45, 7) is 2.68. The predicted octanol–water partition coefficient (Wildman–Crippen LogP) is 4.62. The average molecular weight is 346 g/mol. The first-order chi connectivity index (χ1) is 12.7. The fraction of sp³-hybridized carbons (Fsp3) is 0.136. The number of hydrogen-bond acceptors (Lipinski definition) is 3. The lowest BCUT2D eigenvalue weighted by Crippen LogP contribution is -2.20. The maximum Gasteiger partial charge on any atom is 0.262 e. The van der Waals surface area contributed by atoms with Gasteiger partial charge in [0.05, 0.1) is 0 Å². The number of rotatable bonds is 7. The molecule has 1 amide bonds. The zero-order valence-corrected chi connectivity index (χ0v) is 14.7. The Bertz CT molecular complexity index is 846. The van der Waals surface area contributed by atoms with Gasteiger partial charge in [0.1, 0.15) is 5.75 Å². The number of para-hydroxylation sites is 1. The molecule has 0 aromatic heterocycles. The van der Waals surface area contributed by atoms with Gasteiger partial charge in [0, 0.05) is 17.9 Å². The van der Waals surface area contributed by atoms with E-state index in [4.69, 9.17) is 4.74 Å². The molecule has 0 unspecified atom stereocenters. The summed E-state index contributed by atoms with van der Waals surface area (Å²) in [5, 5.41) is 6.18. The van der Waals surface area contributed by atoms with E-state index < -0.39 is 0 Å². The highest BCUT2D eigenvalue weighted by Crippen LogP contribution is 2.15. The molecule has 0 bridgehead atoms. The molecule has 0 aliphatic rings. The zero-order valence-electron chi connectivity index (χ0n) is 14.7. The second-order valence-electron chi connectivity index (χ2n) is 6.07. The highest BCUT2D eigenvalue weighted by atomic mass is 16.5. The number of carbonyl (C=O) groups is 1. The SMILES string of the molecule is Cc1ccc(NC(=O)COc2cccc(CNc3ccccc3)c2)cc1. The van der Waals surface area contributed by atoms with Crippen molar-refractivity contribution >= 4 is 17.3 Å². The largest absolute Gasteiger partial charge is 0.484 e. The molecule has 132 valence electrons. The van der Waals surface area contributed by atoms with Crippen LogP contribution in [0.15, 0.2) is 78.9 Å². The maximum absolute atomic E-state index is 12.0. The zero-order chi connectivity index (χ0) is 18.2. The number of ether oxygens (including phenoxy) is 1. The molecule has 0 aliphatic carbocycles. The molecule has 0 radical (unpaired) electrons. The van der Waals surface area contributed by atoms with E-state index in [0.717, 1.165) is 22.5 Å². The van der Waals surface area contributed by atoms with Crippen LogP contribution in [0.25, 0.3) is 0 Å². The van der Waals surface area contributed by atoms with Gasteiger partial charge in [-0.1, -0.05) is 48.0 Å². The van der Waals surface area contributed by atoms with E-state index in [9.17, 15) is 4.79 Å². The minimum Gasteiger partial charge on any atom is -0.484 e. The molecule has 3 rings (SSSR count).